The number of hydrogen-bond acceptors (Lipinski definition) is 2. The van der Waals surface area contributed by atoms with Gasteiger partial charge < -0.3 is 4.74 Å². The Morgan fingerprint density at radius 1 is 1.30 bits per heavy atom. The zero-order valence-electron chi connectivity index (χ0n) is 11.7. The molecule has 1 aliphatic rings. The highest BCUT2D eigenvalue weighted by Crippen LogP contribution is 2.29. The van der Waals surface area contributed by atoms with Gasteiger partial charge in [0.25, 0.3) is 0 Å². The molecule has 1 aromatic carbocycles. The smallest absolute Gasteiger partial charge is 0.132 e. The van der Waals surface area contributed by atoms with E-state index < -0.39 is 0 Å². The standard InChI is InChI=1S/C16H19BrN2O/c1-12-6-7-13(17)10-16(12)20-11-14-8-9-19(18-14)15-4-2-3-5-15/h6-10,15H,2-5,11H2,1H3. The minimum absolute atomic E-state index is 0.525. The summed E-state index contributed by atoms with van der Waals surface area (Å²) in [4.78, 5) is 0. The minimum atomic E-state index is 0.525. The number of nitrogens with zero attached hydrogens (tertiary/aromatic N) is 2. The van der Waals surface area contributed by atoms with Crippen LogP contribution in [0.15, 0.2) is 34.9 Å². The molecule has 0 amide bonds. The van der Waals surface area contributed by atoms with Gasteiger partial charge in [0.1, 0.15) is 12.4 Å². The molecular formula is C16H19BrN2O. The van der Waals surface area contributed by atoms with Crippen molar-refractivity contribution in [3.8, 4) is 5.75 Å². The molecule has 1 heterocycles. The van der Waals surface area contributed by atoms with Gasteiger partial charge in [-0.25, -0.2) is 0 Å². The fraction of sp³-hybridized carbons (Fsp3) is 0.438. The van der Waals surface area contributed by atoms with Crippen LogP contribution in [0.1, 0.15) is 43.0 Å². The van der Waals surface area contributed by atoms with Crippen molar-refractivity contribution in [2.75, 3.05) is 0 Å². The van der Waals surface area contributed by atoms with Gasteiger partial charge in [-0.2, -0.15) is 5.10 Å². The number of hydrogen-bond donors (Lipinski definition) is 0. The first kappa shape index (κ1) is 13.7. The van der Waals surface area contributed by atoms with Crippen LogP contribution in [0.5, 0.6) is 5.75 Å². The van der Waals surface area contributed by atoms with Gasteiger partial charge in [-0.05, 0) is 43.5 Å². The Morgan fingerprint density at radius 2 is 2.10 bits per heavy atom. The van der Waals surface area contributed by atoms with Crippen LogP contribution in [-0.4, -0.2) is 9.78 Å². The molecule has 20 heavy (non-hydrogen) atoms. The largest absolute Gasteiger partial charge is 0.487 e. The van der Waals surface area contributed by atoms with E-state index >= 15 is 0 Å². The second-order valence-electron chi connectivity index (χ2n) is 5.42. The normalized spacial score (nSPS) is 15.7. The highest BCUT2D eigenvalue weighted by molar-refractivity contribution is 9.10. The van der Waals surface area contributed by atoms with Gasteiger partial charge in [0.05, 0.1) is 11.7 Å². The summed E-state index contributed by atoms with van der Waals surface area (Å²) in [7, 11) is 0. The second-order valence-corrected chi connectivity index (χ2v) is 6.34. The number of aromatic nitrogens is 2. The van der Waals surface area contributed by atoms with E-state index in [0.717, 1.165) is 21.5 Å². The average molecular weight is 335 g/mol. The summed E-state index contributed by atoms with van der Waals surface area (Å²) in [6.07, 6.45) is 7.25. The molecule has 0 bridgehead atoms. The molecule has 1 aromatic heterocycles. The summed E-state index contributed by atoms with van der Waals surface area (Å²) >= 11 is 3.47. The van der Waals surface area contributed by atoms with Crippen LogP contribution in [0.2, 0.25) is 0 Å². The number of ether oxygens (including phenoxy) is 1. The quantitative estimate of drug-likeness (QED) is 0.813. The Morgan fingerprint density at radius 3 is 2.90 bits per heavy atom. The van der Waals surface area contributed by atoms with Crippen LogP contribution in [0.25, 0.3) is 0 Å². The molecule has 1 aliphatic carbocycles. The minimum Gasteiger partial charge on any atom is -0.487 e. The van der Waals surface area contributed by atoms with Crippen molar-refractivity contribution in [1.29, 1.82) is 0 Å². The third-order valence-corrected chi connectivity index (χ3v) is 4.38. The van der Waals surface area contributed by atoms with Gasteiger partial charge in [-0.3, -0.25) is 4.68 Å². The summed E-state index contributed by atoms with van der Waals surface area (Å²) < 4.78 is 9.02. The molecule has 3 rings (SSSR count). The Labute approximate surface area is 128 Å². The van der Waals surface area contributed by atoms with E-state index in [2.05, 4.69) is 51.0 Å². The molecule has 1 fully saturated rings. The predicted molar refractivity (Wildman–Crippen MR) is 82.9 cm³/mol. The highest BCUT2D eigenvalue weighted by Gasteiger charge is 2.17. The van der Waals surface area contributed by atoms with Crippen molar-refractivity contribution in [3.63, 3.8) is 0 Å². The van der Waals surface area contributed by atoms with Crippen molar-refractivity contribution in [1.82, 2.24) is 9.78 Å². The van der Waals surface area contributed by atoms with E-state index in [-0.39, 0.29) is 0 Å². The first-order valence-corrected chi connectivity index (χ1v) is 7.94. The van der Waals surface area contributed by atoms with Crippen LogP contribution in [0.4, 0.5) is 0 Å². The Balaban J connectivity index is 1.64. The molecule has 2 aromatic rings. The maximum Gasteiger partial charge on any atom is 0.132 e. The maximum atomic E-state index is 5.87. The third-order valence-electron chi connectivity index (χ3n) is 3.89. The number of halogens is 1. The zero-order valence-corrected chi connectivity index (χ0v) is 13.3. The molecular weight excluding hydrogens is 316 g/mol. The van der Waals surface area contributed by atoms with Crippen LogP contribution >= 0.6 is 15.9 Å². The van der Waals surface area contributed by atoms with E-state index in [9.17, 15) is 0 Å². The molecule has 0 saturated heterocycles. The SMILES string of the molecule is Cc1ccc(Br)cc1OCc1ccn(C2CCCC2)n1. The molecule has 106 valence electrons. The van der Waals surface area contributed by atoms with E-state index in [1.54, 1.807) is 0 Å². The number of rotatable bonds is 4. The predicted octanol–water partition coefficient (Wildman–Crippen LogP) is 4.65. The summed E-state index contributed by atoms with van der Waals surface area (Å²) in [6, 6.07) is 8.74. The van der Waals surface area contributed by atoms with Gasteiger partial charge in [-0.1, -0.05) is 34.8 Å². The molecule has 0 N–H and O–H groups in total. The lowest BCUT2D eigenvalue weighted by molar-refractivity contribution is 0.295. The van der Waals surface area contributed by atoms with Gasteiger partial charge >= 0.3 is 0 Å². The Bertz CT molecular complexity index is 588. The molecule has 1 saturated carbocycles. The van der Waals surface area contributed by atoms with Gasteiger partial charge in [0.2, 0.25) is 0 Å². The second kappa shape index (κ2) is 6.00. The molecule has 4 heteroatoms. The zero-order chi connectivity index (χ0) is 13.9. The molecule has 0 atom stereocenters. The highest BCUT2D eigenvalue weighted by atomic mass is 79.9. The van der Waals surface area contributed by atoms with Crippen LogP contribution in [-0.2, 0) is 6.61 Å². The third kappa shape index (κ3) is 3.06. The first-order valence-electron chi connectivity index (χ1n) is 7.15. The van der Waals surface area contributed by atoms with E-state index in [1.807, 2.05) is 12.1 Å². The van der Waals surface area contributed by atoms with E-state index in [4.69, 9.17) is 4.74 Å². The van der Waals surface area contributed by atoms with Gasteiger partial charge in [0.15, 0.2) is 0 Å². The fourth-order valence-electron chi connectivity index (χ4n) is 2.71. The molecule has 0 aliphatic heterocycles. The monoisotopic (exact) mass is 334 g/mol. The van der Waals surface area contributed by atoms with Crippen molar-refractivity contribution >= 4 is 15.9 Å². The van der Waals surface area contributed by atoms with E-state index in [0.29, 0.717) is 12.6 Å². The van der Waals surface area contributed by atoms with Crippen molar-refractivity contribution in [2.24, 2.45) is 0 Å². The lowest BCUT2D eigenvalue weighted by Crippen LogP contribution is -2.06. The fourth-order valence-corrected chi connectivity index (χ4v) is 3.05. The van der Waals surface area contributed by atoms with Crippen molar-refractivity contribution in [2.45, 2.75) is 45.3 Å². The molecule has 3 nitrogen and oxygen atoms in total. The summed E-state index contributed by atoms with van der Waals surface area (Å²) in [5, 5.41) is 4.64. The maximum absolute atomic E-state index is 5.87. The van der Waals surface area contributed by atoms with Crippen LogP contribution < -0.4 is 4.74 Å². The average Bonchev–Trinajstić information content (AvgIpc) is 3.09. The number of aryl methyl sites for hydroxylation is 1. The Hall–Kier alpha value is -1.29. The van der Waals surface area contributed by atoms with Crippen molar-refractivity contribution in [3.05, 3.63) is 46.2 Å². The summed E-state index contributed by atoms with van der Waals surface area (Å²) in [5.41, 5.74) is 2.14. The van der Waals surface area contributed by atoms with Gasteiger partial charge in [-0.15, -0.1) is 0 Å². The molecule has 0 radical (unpaired) electrons. The Kier molecular flexibility index (Phi) is 4.10. The molecule has 0 spiro atoms. The van der Waals surface area contributed by atoms with Gasteiger partial charge in [0, 0.05) is 10.7 Å². The first-order chi connectivity index (χ1) is 9.72. The topological polar surface area (TPSA) is 27.1 Å². The van der Waals surface area contributed by atoms with Crippen LogP contribution in [0, 0.1) is 6.92 Å². The van der Waals surface area contributed by atoms with E-state index in [1.165, 1.54) is 25.7 Å². The van der Waals surface area contributed by atoms with Crippen molar-refractivity contribution < 1.29 is 4.74 Å². The van der Waals surface area contributed by atoms with Crippen LogP contribution in [0.3, 0.4) is 0 Å². The lowest BCUT2D eigenvalue weighted by Gasteiger charge is -2.10. The summed E-state index contributed by atoms with van der Waals surface area (Å²) in [6.45, 7) is 2.58. The number of benzene rings is 1. The summed E-state index contributed by atoms with van der Waals surface area (Å²) in [5.74, 6) is 0.912. The lowest BCUT2D eigenvalue weighted by atomic mass is 10.2. The molecule has 0 unspecified atom stereocenters.